The molecule has 2 aliphatic rings. The zero-order valence-corrected chi connectivity index (χ0v) is 20.8. The summed E-state index contributed by atoms with van der Waals surface area (Å²) in [4.78, 5) is 19.4. The second-order valence-corrected chi connectivity index (χ2v) is 9.67. The summed E-state index contributed by atoms with van der Waals surface area (Å²) in [6.45, 7) is 3.74. The monoisotopic (exact) mass is 505 g/mol. The average Bonchev–Trinajstić information content (AvgIpc) is 2.91. The molecule has 37 heavy (non-hydrogen) atoms. The van der Waals surface area contributed by atoms with Crippen molar-refractivity contribution in [1.82, 2.24) is 15.2 Å². The molecule has 7 nitrogen and oxygen atoms in total. The molecule has 194 valence electrons. The van der Waals surface area contributed by atoms with Gasteiger partial charge in [-0.1, -0.05) is 37.5 Å². The van der Waals surface area contributed by atoms with Crippen LogP contribution in [-0.2, 0) is 11.3 Å². The Morgan fingerprint density at radius 1 is 1.11 bits per heavy atom. The number of benzene rings is 2. The van der Waals surface area contributed by atoms with Crippen LogP contribution in [-0.4, -0.2) is 53.2 Å². The molecule has 0 atom stereocenters. The Bertz CT molecular complexity index is 1240. The molecule has 2 aromatic carbocycles. The zero-order chi connectivity index (χ0) is 25.6. The van der Waals surface area contributed by atoms with Gasteiger partial charge in [0, 0.05) is 25.7 Å². The standard InChI is InChI=1S/C29H32FN3O4/c30-22-17-27(28(35)32-23-6-2-1-3-7-23)29(31-18-22)37-25-8-4-5-20(16-25)26-10-9-24(34)15-21(26)19-33-11-13-36-14-12-33/h4-5,8-10,15-18,23,34H,1-3,6-7,11-14,19H2,(H,32,35). The smallest absolute Gasteiger partial charge is 0.257 e. The van der Waals surface area contributed by atoms with Crippen molar-refractivity contribution >= 4 is 5.91 Å². The van der Waals surface area contributed by atoms with Gasteiger partial charge in [0.2, 0.25) is 5.88 Å². The Kier molecular flexibility index (Phi) is 7.96. The van der Waals surface area contributed by atoms with E-state index in [0.717, 1.165) is 61.7 Å². The first-order valence-corrected chi connectivity index (χ1v) is 12.9. The largest absolute Gasteiger partial charge is 0.508 e. The third kappa shape index (κ3) is 6.45. The van der Waals surface area contributed by atoms with E-state index in [2.05, 4.69) is 15.2 Å². The van der Waals surface area contributed by atoms with Gasteiger partial charge in [0.05, 0.1) is 19.4 Å². The number of aromatic hydroxyl groups is 1. The van der Waals surface area contributed by atoms with Crippen molar-refractivity contribution in [3.8, 4) is 28.5 Å². The van der Waals surface area contributed by atoms with Gasteiger partial charge in [0.1, 0.15) is 22.9 Å². The van der Waals surface area contributed by atoms with Crippen LogP contribution in [0.25, 0.3) is 11.1 Å². The molecule has 0 spiro atoms. The van der Waals surface area contributed by atoms with E-state index in [4.69, 9.17) is 9.47 Å². The number of pyridine rings is 1. The maximum atomic E-state index is 14.0. The molecule has 2 heterocycles. The molecule has 2 N–H and O–H groups in total. The van der Waals surface area contributed by atoms with Crippen molar-refractivity contribution in [3.63, 3.8) is 0 Å². The number of aromatic nitrogens is 1. The lowest BCUT2D eigenvalue weighted by Crippen LogP contribution is -2.36. The van der Waals surface area contributed by atoms with Crippen LogP contribution in [0.2, 0.25) is 0 Å². The van der Waals surface area contributed by atoms with Gasteiger partial charge >= 0.3 is 0 Å². The molecule has 1 aliphatic carbocycles. The lowest BCUT2D eigenvalue weighted by Gasteiger charge is -2.27. The van der Waals surface area contributed by atoms with Gasteiger partial charge < -0.3 is 19.9 Å². The normalized spacial score (nSPS) is 16.9. The van der Waals surface area contributed by atoms with Crippen LogP contribution in [0.15, 0.2) is 54.7 Å². The third-order valence-electron chi connectivity index (χ3n) is 6.95. The summed E-state index contributed by atoms with van der Waals surface area (Å²) >= 11 is 0. The molecule has 1 aliphatic heterocycles. The van der Waals surface area contributed by atoms with Gasteiger partial charge in [-0.3, -0.25) is 9.69 Å². The zero-order valence-electron chi connectivity index (χ0n) is 20.8. The van der Waals surface area contributed by atoms with E-state index in [0.29, 0.717) is 25.5 Å². The first-order valence-electron chi connectivity index (χ1n) is 12.9. The van der Waals surface area contributed by atoms with Crippen LogP contribution in [0.1, 0.15) is 48.0 Å². The van der Waals surface area contributed by atoms with Gasteiger partial charge in [-0.25, -0.2) is 9.37 Å². The molecule has 8 heteroatoms. The fourth-order valence-corrected chi connectivity index (χ4v) is 5.01. The highest BCUT2D eigenvalue weighted by atomic mass is 19.1. The number of halogens is 1. The summed E-state index contributed by atoms with van der Waals surface area (Å²) in [5.74, 6) is -0.216. The van der Waals surface area contributed by atoms with Crippen molar-refractivity contribution < 1.29 is 23.8 Å². The summed E-state index contributed by atoms with van der Waals surface area (Å²) in [5, 5.41) is 13.2. The number of carbonyl (C=O) groups excluding carboxylic acids is 1. The molecule has 0 unspecified atom stereocenters. The molecule has 1 amide bonds. The van der Waals surface area contributed by atoms with E-state index in [9.17, 15) is 14.3 Å². The number of ether oxygens (including phenoxy) is 2. The molecule has 0 bridgehead atoms. The van der Waals surface area contributed by atoms with E-state index in [1.54, 1.807) is 18.2 Å². The lowest BCUT2D eigenvalue weighted by molar-refractivity contribution is 0.0342. The van der Waals surface area contributed by atoms with Crippen LogP contribution in [0.3, 0.4) is 0 Å². The maximum Gasteiger partial charge on any atom is 0.257 e. The molecule has 1 aromatic heterocycles. The van der Waals surface area contributed by atoms with Crippen molar-refractivity contribution in [2.45, 2.75) is 44.7 Å². The van der Waals surface area contributed by atoms with Gasteiger partial charge in [0.15, 0.2) is 0 Å². The minimum Gasteiger partial charge on any atom is -0.508 e. The molecule has 1 saturated carbocycles. The van der Waals surface area contributed by atoms with Crippen LogP contribution >= 0.6 is 0 Å². The topological polar surface area (TPSA) is 83.9 Å². The molecule has 3 aromatic rings. The molecule has 1 saturated heterocycles. The van der Waals surface area contributed by atoms with Crippen LogP contribution in [0, 0.1) is 5.82 Å². The minimum atomic E-state index is -0.591. The fourth-order valence-electron chi connectivity index (χ4n) is 5.01. The van der Waals surface area contributed by atoms with E-state index in [1.165, 1.54) is 12.5 Å². The summed E-state index contributed by atoms with van der Waals surface area (Å²) < 4.78 is 25.5. The Balaban J connectivity index is 1.38. The van der Waals surface area contributed by atoms with Gasteiger partial charge in [-0.2, -0.15) is 0 Å². The molecular formula is C29H32FN3O4. The SMILES string of the molecule is O=C(NC1CCCCC1)c1cc(F)cnc1Oc1cccc(-c2ccc(O)cc2CN2CCOCC2)c1. The van der Waals surface area contributed by atoms with Crippen LogP contribution in [0.5, 0.6) is 17.4 Å². The summed E-state index contributed by atoms with van der Waals surface area (Å²) in [6.07, 6.45) is 6.23. The average molecular weight is 506 g/mol. The number of amides is 1. The first-order chi connectivity index (χ1) is 18.0. The number of nitrogens with zero attached hydrogens (tertiary/aromatic N) is 2. The van der Waals surface area contributed by atoms with Crippen LogP contribution in [0.4, 0.5) is 4.39 Å². The van der Waals surface area contributed by atoms with Gasteiger partial charge in [-0.15, -0.1) is 0 Å². The number of phenols is 1. The Morgan fingerprint density at radius 3 is 2.73 bits per heavy atom. The highest BCUT2D eigenvalue weighted by molar-refractivity contribution is 5.96. The van der Waals surface area contributed by atoms with Crippen molar-refractivity contribution in [2.75, 3.05) is 26.3 Å². The number of phenolic OH excluding ortho intramolecular Hbond substituents is 1. The molecule has 5 rings (SSSR count). The highest BCUT2D eigenvalue weighted by Crippen LogP contribution is 2.32. The van der Waals surface area contributed by atoms with Crippen molar-refractivity contribution in [2.24, 2.45) is 0 Å². The molecular weight excluding hydrogens is 473 g/mol. The Morgan fingerprint density at radius 2 is 1.92 bits per heavy atom. The maximum absolute atomic E-state index is 14.0. The quantitative estimate of drug-likeness (QED) is 0.455. The van der Waals surface area contributed by atoms with E-state index >= 15 is 0 Å². The molecule has 2 fully saturated rings. The van der Waals surface area contributed by atoms with E-state index in [-0.39, 0.29) is 29.1 Å². The lowest BCUT2D eigenvalue weighted by atomic mass is 9.95. The number of hydrogen-bond donors (Lipinski definition) is 2. The second kappa shape index (κ2) is 11.7. The van der Waals surface area contributed by atoms with Gasteiger partial charge in [0.25, 0.3) is 5.91 Å². The van der Waals surface area contributed by atoms with Crippen molar-refractivity contribution in [3.05, 3.63) is 71.7 Å². The number of morpholine rings is 1. The number of carbonyl (C=O) groups is 1. The van der Waals surface area contributed by atoms with Crippen LogP contribution < -0.4 is 10.1 Å². The predicted molar refractivity (Wildman–Crippen MR) is 138 cm³/mol. The number of nitrogens with one attached hydrogen (secondary N) is 1. The van der Waals surface area contributed by atoms with Crippen molar-refractivity contribution in [1.29, 1.82) is 0 Å². The van der Waals surface area contributed by atoms with E-state index in [1.807, 2.05) is 24.3 Å². The Hall–Kier alpha value is -3.49. The third-order valence-corrected chi connectivity index (χ3v) is 6.95. The summed E-state index contributed by atoms with van der Waals surface area (Å²) in [5.41, 5.74) is 2.94. The van der Waals surface area contributed by atoms with Gasteiger partial charge in [-0.05, 0) is 59.9 Å². The first kappa shape index (κ1) is 25.2. The highest BCUT2D eigenvalue weighted by Gasteiger charge is 2.21. The Labute approximate surface area is 216 Å². The summed E-state index contributed by atoms with van der Waals surface area (Å²) in [6, 6.07) is 14.1. The summed E-state index contributed by atoms with van der Waals surface area (Å²) in [7, 11) is 0. The second-order valence-electron chi connectivity index (χ2n) is 9.67. The predicted octanol–water partition coefficient (Wildman–Crippen LogP) is 5.28. The molecule has 0 radical (unpaired) electrons. The number of hydrogen-bond acceptors (Lipinski definition) is 6. The van der Waals surface area contributed by atoms with E-state index < -0.39 is 5.82 Å². The minimum absolute atomic E-state index is 0.0612. The fraction of sp³-hybridized carbons (Fsp3) is 0.379. The number of rotatable bonds is 7.